The highest BCUT2D eigenvalue weighted by molar-refractivity contribution is 7.18. The van der Waals surface area contributed by atoms with Crippen LogP contribution in [0.5, 0.6) is 0 Å². The van der Waals surface area contributed by atoms with Gasteiger partial charge < -0.3 is 10.6 Å². The maximum absolute atomic E-state index is 12.1. The molecule has 2 N–H and O–H groups in total. The lowest BCUT2D eigenvalue weighted by atomic mass is 10.3. The Morgan fingerprint density at radius 3 is 2.67 bits per heavy atom. The number of thiophene rings is 1. The van der Waals surface area contributed by atoms with Crippen LogP contribution >= 0.6 is 11.3 Å². The van der Waals surface area contributed by atoms with Crippen molar-refractivity contribution >= 4 is 33.3 Å². The zero-order valence-corrected chi connectivity index (χ0v) is 12.7. The van der Waals surface area contributed by atoms with Gasteiger partial charge in [0, 0.05) is 24.4 Å². The smallest absolute Gasteiger partial charge is 0.369 e. The van der Waals surface area contributed by atoms with Crippen molar-refractivity contribution in [1.82, 2.24) is 9.97 Å². The Kier molecular flexibility index (Phi) is 4.87. The number of nitrogens with one attached hydrogen (secondary N) is 2. The standard InChI is InChI=1S/C13H17F3N4S/c1-3-17-12-19-10(18-6-4-5-13(14,15)16)9-7-8(2)21-11(9)20-12/h7H,3-6H2,1-2H3,(H2,17,18,19,20). The van der Waals surface area contributed by atoms with E-state index in [-0.39, 0.29) is 13.0 Å². The molecule has 0 unspecified atom stereocenters. The van der Waals surface area contributed by atoms with Gasteiger partial charge in [0.2, 0.25) is 5.95 Å². The number of fused-ring (bicyclic) bond motifs is 1. The van der Waals surface area contributed by atoms with Gasteiger partial charge in [0.05, 0.1) is 5.39 Å². The fraction of sp³-hybridized carbons (Fsp3) is 0.538. The van der Waals surface area contributed by atoms with E-state index in [1.54, 1.807) is 0 Å². The van der Waals surface area contributed by atoms with E-state index in [1.165, 1.54) is 11.3 Å². The summed E-state index contributed by atoms with van der Waals surface area (Å²) in [6, 6.07) is 1.95. The fourth-order valence-corrected chi connectivity index (χ4v) is 2.79. The van der Waals surface area contributed by atoms with Gasteiger partial charge >= 0.3 is 6.18 Å². The molecule has 21 heavy (non-hydrogen) atoms. The van der Waals surface area contributed by atoms with Crippen LogP contribution < -0.4 is 10.6 Å². The van der Waals surface area contributed by atoms with E-state index in [0.29, 0.717) is 18.3 Å². The Hall–Kier alpha value is -1.57. The molecule has 0 amide bonds. The Bertz CT molecular complexity index is 609. The van der Waals surface area contributed by atoms with Crippen LogP contribution in [0.4, 0.5) is 24.9 Å². The number of hydrogen-bond donors (Lipinski definition) is 2. The summed E-state index contributed by atoms with van der Waals surface area (Å²) in [5.41, 5.74) is 0. The Morgan fingerprint density at radius 1 is 1.24 bits per heavy atom. The van der Waals surface area contributed by atoms with Crippen LogP contribution in [0.25, 0.3) is 10.2 Å². The number of halogens is 3. The number of anilines is 2. The third-order valence-electron chi connectivity index (χ3n) is 2.78. The first kappa shape index (κ1) is 15.8. The van der Waals surface area contributed by atoms with Crippen LogP contribution in [0.2, 0.25) is 0 Å². The highest BCUT2D eigenvalue weighted by Crippen LogP contribution is 2.29. The summed E-state index contributed by atoms with van der Waals surface area (Å²) in [4.78, 5) is 10.6. The third kappa shape index (κ3) is 4.45. The quantitative estimate of drug-likeness (QED) is 0.784. The average Bonchev–Trinajstić information content (AvgIpc) is 2.74. The van der Waals surface area contributed by atoms with Gasteiger partial charge in [-0.15, -0.1) is 11.3 Å². The zero-order chi connectivity index (χ0) is 15.5. The number of aryl methyl sites for hydroxylation is 1. The number of rotatable bonds is 6. The van der Waals surface area contributed by atoms with Gasteiger partial charge in [0.1, 0.15) is 10.6 Å². The molecule has 4 nitrogen and oxygen atoms in total. The van der Waals surface area contributed by atoms with E-state index < -0.39 is 12.6 Å². The molecule has 0 aliphatic rings. The van der Waals surface area contributed by atoms with Crippen LogP contribution in [0.1, 0.15) is 24.6 Å². The van der Waals surface area contributed by atoms with E-state index in [0.717, 1.165) is 15.1 Å². The minimum atomic E-state index is -4.11. The van der Waals surface area contributed by atoms with E-state index >= 15 is 0 Å². The predicted octanol–water partition coefficient (Wildman–Crippen LogP) is 4.19. The van der Waals surface area contributed by atoms with E-state index in [1.807, 2.05) is 19.9 Å². The number of nitrogens with zero attached hydrogens (tertiary/aromatic N) is 2. The second-order valence-corrected chi connectivity index (χ2v) is 5.88. The lowest BCUT2D eigenvalue weighted by molar-refractivity contribution is -0.134. The van der Waals surface area contributed by atoms with Crippen LogP contribution in [0, 0.1) is 6.92 Å². The summed E-state index contributed by atoms with van der Waals surface area (Å²) in [6.45, 7) is 4.81. The molecule has 2 heterocycles. The van der Waals surface area contributed by atoms with Crippen LogP contribution in [0.3, 0.4) is 0 Å². The summed E-state index contributed by atoms with van der Waals surface area (Å²) in [5, 5.41) is 6.87. The van der Waals surface area contributed by atoms with E-state index in [4.69, 9.17) is 0 Å². The topological polar surface area (TPSA) is 49.8 Å². The van der Waals surface area contributed by atoms with Crippen molar-refractivity contribution in [1.29, 1.82) is 0 Å². The van der Waals surface area contributed by atoms with E-state index in [9.17, 15) is 13.2 Å². The van der Waals surface area contributed by atoms with Crippen molar-refractivity contribution in [3.63, 3.8) is 0 Å². The Balaban J connectivity index is 2.13. The molecule has 0 aromatic carbocycles. The second-order valence-electron chi connectivity index (χ2n) is 4.65. The highest BCUT2D eigenvalue weighted by atomic mass is 32.1. The third-order valence-corrected chi connectivity index (χ3v) is 3.72. The summed E-state index contributed by atoms with van der Waals surface area (Å²) in [7, 11) is 0. The second kappa shape index (κ2) is 6.46. The predicted molar refractivity (Wildman–Crippen MR) is 80.1 cm³/mol. The van der Waals surface area contributed by atoms with Crippen molar-refractivity contribution in [3.05, 3.63) is 10.9 Å². The molecule has 0 saturated heterocycles. The van der Waals surface area contributed by atoms with Crippen molar-refractivity contribution in [2.45, 2.75) is 32.9 Å². The van der Waals surface area contributed by atoms with Crippen molar-refractivity contribution in [2.24, 2.45) is 0 Å². The average molecular weight is 318 g/mol. The molecule has 0 saturated carbocycles. The van der Waals surface area contributed by atoms with Crippen LogP contribution in [0.15, 0.2) is 6.07 Å². The van der Waals surface area contributed by atoms with Gasteiger partial charge in [-0.1, -0.05) is 0 Å². The minimum absolute atomic E-state index is 0.0225. The van der Waals surface area contributed by atoms with E-state index in [2.05, 4.69) is 20.6 Å². The molecule has 2 rings (SSSR count). The molecule has 0 atom stereocenters. The lowest BCUT2D eigenvalue weighted by Crippen LogP contribution is -2.12. The molecule has 0 spiro atoms. The molecular weight excluding hydrogens is 301 g/mol. The fourth-order valence-electron chi connectivity index (χ4n) is 1.91. The molecule has 0 bridgehead atoms. The van der Waals surface area contributed by atoms with Crippen molar-refractivity contribution in [3.8, 4) is 0 Å². The highest BCUT2D eigenvalue weighted by Gasteiger charge is 2.25. The largest absolute Gasteiger partial charge is 0.389 e. The summed E-state index contributed by atoms with van der Waals surface area (Å²) in [6.07, 6.45) is -4.89. The number of aromatic nitrogens is 2. The lowest BCUT2D eigenvalue weighted by Gasteiger charge is -2.10. The first-order valence-electron chi connectivity index (χ1n) is 6.71. The normalized spacial score (nSPS) is 11.9. The molecule has 8 heteroatoms. The molecule has 0 radical (unpaired) electrons. The van der Waals surface area contributed by atoms with Gasteiger partial charge in [-0.05, 0) is 26.3 Å². The molecule has 116 valence electrons. The SMILES string of the molecule is CCNc1nc(NCCCC(F)(F)F)c2cc(C)sc2n1. The van der Waals surface area contributed by atoms with Crippen molar-refractivity contribution in [2.75, 3.05) is 23.7 Å². The first-order valence-corrected chi connectivity index (χ1v) is 7.53. The maximum Gasteiger partial charge on any atom is 0.389 e. The number of alkyl halides is 3. The van der Waals surface area contributed by atoms with Gasteiger partial charge in [-0.2, -0.15) is 18.2 Å². The summed E-state index contributed by atoms with van der Waals surface area (Å²) < 4.78 is 36.4. The van der Waals surface area contributed by atoms with Crippen LogP contribution in [-0.2, 0) is 0 Å². The van der Waals surface area contributed by atoms with Gasteiger partial charge in [0.15, 0.2) is 0 Å². The van der Waals surface area contributed by atoms with Crippen LogP contribution in [-0.4, -0.2) is 29.2 Å². The molecular formula is C13H17F3N4S. The molecule has 0 fully saturated rings. The minimum Gasteiger partial charge on any atom is -0.369 e. The Labute approximate surface area is 124 Å². The summed E-state index contributed by atoms with van der Waals surface area (Å²) >= 11 is 1.54. The molecule has 2 aromatic heterocycles. The monoisotopic (exact) mass is 318 g/mol. The van der Waals surface area contributed by atoms with Gasteiger partial charge in [-0.3, -0.25) is 0 Å². The number of hydrogen-bond acceptors (Lipinski definition) is 5. The maximum atomic E-state index is 12.1. The molecule has 2 aromatic rings. The summed E-state index contributed by atoms with van der Waals surface area (Å²) in [5.74, 6) is 1.08. The molecule has 0 aliphatic heterocycles. The van der Waals surface area contributed by atoms with Crippen molar-refractivity contribution < 1.29 is 13.2 Å². The molecule has 0 aliphatic carbocycles. The van der Waals surface area contributed by atoms with Gasteiger partial charge in [-0.25, -0.2) is 4.98 Å². The van der Waals surface area contributed by atoms with Gasteiger partial charge in [0.25, 0.3) is 0 Å². The zero-order valence-electron chi connectivity index (χ0n) is 11.8. The Morgan fingerprint density at radius 2 is 2.00 bits per heavy atom. The first-order chi connectivity index (χ1) is 9.89.